The highest BCUT2D eigenvalue weighted by Gasteiger charge is 2.14. The molecule has 1 aromatic carbocycles. The SMILES string of the molecule is COc1ccc(C)cc1C(C)NCC(O)c1ccsc1. The molecule has 0 radical (unpaired) electrons. The van der Waals surface area contributed by atoms with E-state index in [9.17, 15) is 5.11 Å². The molecule has 0 aliphatic carbocycles. The lowest BCUT2D eigenvalue weighted by atomic mass is 10.0. The number of benzene rings is 1. The number of ether oxygens (including phenoxy) is 1. The van der Waals surface area contributed by atoms with E-state index < -0.39 is 6.10 Å². The van der Waals surface area contributed by atoms with E-state index in [4.69, 9.17) is 4.74 Å². The van der Waals surface area contributed by atoms with E-state index in [0.717, 1.165) is 16.9 Å². The van der Waals surface area contributed by atoms with Crippen LogP contribution in [0.3, 0.4) is 0 Å². The van der Waals surface area contributed by atoms with Crippen molar-refractivity contribution in [3.63, 3.8) is 0 Å². The zero-order valence-electron chi connectivity index (χ0n) is 12.1. The summed E-state index contributed by atoms with van der Waals surface area (Å²) < 4.78 is 5.40. The minimum absolute atomic E-state index is 0.123. The number of hydrogen-bond acceptors (Lipinski definition) is 4. The van der Waals surface area contributed by atoms with Gasteiger partial charge in [0.2, 0.25) is 0 Å². The second-order valence-corrected chi connectivity index (χ2v) is 5.73. The molecule has 108 valence electrons. The smallest absolute Gasteiger partial charge is 0.123 e. The van der Waals surface area contributed by atoms with Gasteiger partial charge < -0.3 is 15.2 Å². The molecule has 0 spiro atoms. The van der Waals surface area contributed by atoms with Crippen molar-refractivity contribution in [3.8, 4) is 5.75 Å². The van der Waals surface area contributed by atoms with Crippen LogP contribution in [0.1, 0.15) is 35.8 Å². The number of thiophene rings is 1. The molecule has 0 saturated carbocycles. The predicted molar refractivity (Wildman–Crippen MR) is 83.4 cm³/mol. The highest BCUT2D eigenvalue weighted by atomic mass is 32.1. The van der Waals surface area contributed by atoms with Gasteiger partial charge in [-0.1, -0.05) is 17.7 Å². The van der Waals surface area contributed by atoms with Gasteiger partial charge in [0, 0.05) is 18.2 Å². The topological polar surface area (TPSA) is 41.5 Å². The van der Waals surface area contributed by atoms with Crippen LogP contribution in [-0.4, -0.2) is 18.8 Å². The Bertz CT molecular complexity index is 539. The van der Waals surface area contributed by atoms with Crippen molar-refractivity contribution in [2.24, 2.45) is 0 Å². The van der Waals surface area contributed by atoms with Gasteiger partial charge in [0.05, 0.1) is 13.2 Å². The fourth-order valence-electron chi connectivity index (χ4n) is 2.17. The summed E-state index contributed by atoms with van der Waals surface area (Å²) in [7, 11) is 1.68. The third kappa shape index (κ3) is 3.60. The maximum absolute atomic E-state index is 10.1. The second kappa shape index (κ2) is 6.88. The summed E-state index contributed by atoms with van der Waals surface area (Å²) in [4.78, 5) is 0. The van der Waals surface area contributed by atoms with Gasteiger partial charge >= 0.3 is 0 Å². The highest BCUT2D eigenvalue weighted by molar-refractivity contribution is 7.07. The summed E-state index contributed by atoms with van der Waals surface area (Å²) in [6.45, 7) is 4.67. The third-order valence-corrected chi connectivity index (χ3v) is 4.10. The fourth-order valence-corrected chi connectivity index (χ4v) is 2.88. The molecular formula is C16H21NO2S. The minimum atomic E-state index is -0.473. The van der Waals surface area contributed by atoms with Crippen LogP contribution in [0.2, 0.25) is 0 Å². The Balaban J connectivity index is 2.01. The van der Waals surface area contributed by atoms with Gasteiger partial charge in [0.15, 0.2) is 0 Å². The van der Waals surface area contributed by atoms with Crippen LogP contribution < -0.4 is 10.1 Å². The zero-order valence-corrected chi connectivity index (χ0v) is 12.9. The first-order valence-electron chi connectivity index (χ1n) is 6.70. The lowest BCUT2D eigenvalue weighted by Crippen LogP contribution is -2.24. The lowest BCUT2D eigenvalue weighted by molar-refractivity contribution is 0.171. The Labute approximate surface area is 124 Å². The van der Waals surface area contributed by atoms with Crippen LogP contribution in [0.5, 0.6) is 5.75 Å². The molecule has 2 unspecified atom stereocenters. The Morgan fingerprint density at radius 1 is 1.35 bits per heavy atom. The molecule has 0 fully saturated rings. The first kappa shape index (κ1) is 15.0. The van der Waals surface area contributed by atoms with Crippen molar-refractivity contribution in [3.05, 3.63) is 51.7 Å². The average Bonchev–Trinajstić information content (AvgIpc) is 2.98. The van der Waals surface area contributed by atoms with E-state index in [1.165, 1.54) is 5.56 Å². The van der Waals surface area contributed by atoms with Crippen molar-refractivity contribution in [2.45, 2.75) is 26.0 Å². The molecule has 20 heavy (non-hydrogen) atoms. The first-order valence-corrected chi connectivity index (χ1v) is 7.64. The first-order chi connectivity index (χ1) is 9.61. The van der Waals surface area contributed by atoms with E-state index in [1.807, 2.05) is 29.0 Å². The molecule has 0 saturated heterocycles. The lowest BCUT2D eigenvalue weighted by Gasteiger charge is -2.19. The molecule has 4 heteroatoms. The minimum Gasteiger partial charge on any atom is -0.496 e. The second-order valence-electron chi connectivity index (χ2n) is 4.95. The summed E-state index contributed by atoms with van der Waals surface area (Å²) in [6.07, 6.45) is -0.473. The van der Waals surface area contributed by atoms with Crippen LogP contribution in [-0.2, 0) is 0 Å². The van der Waals surface area contributed by atoms with Gasteiger partial charge in [-0.15, -0.1) is 0 Å². The van der Waals surface area contributed by atoms with Crippen molar-refractivity contribution in [2.75, 3.05) is 13.7 Å². The monoisotopic (exact) mass is 291 g/mol. The molecule has 2 N–H and O–H groups in total. The molecule has 2 atom stereocenters. The van der Waals surface area contributed by atoms with Crippen LogP contribution in [0.15, 0.2) is 35.0 Å². The van der Waals surface area contributed by atoms with E-state index in [0.29, 0.717) is 6.54 Å². The molecule has 0 bridgehead atoms. The van der Waals surface area contributed by atoms with Crippen molar-refractivity contribution in [1.29, 1.82) is 0 Å². The van der Waals surface area contributed by atoms with Gasteiger partial charge in [0.25, 0.3) is 0 Å². The Hall–Kier alpha value is -1.36. The highest BCUT2D eigenvalue weighted by Crippen LogP contribution is 2.26. The van der Waals surface area contributed by atoms with Gasteiger partial charge in [0.1, 0.15) is 5.75 Å². The van der Waals surface area contributed by atoms with E-state index >= 15 is 0 Å². The Morgan fingerprint density at radius 3 is 2.80 bits per heavy atom. The maximum atomic E-state index is 10.1. The molecule has 1 aromatic heterocycles. The van der Waals surface area contributed by atoms with Crippen molar-refractivity contribution < 1.29 is 9.84 Å². The third-order valence-electron chi connectivity index (χ3n) is 3.40. The van der Waals surface area contributed by atoms with Gasteiger partial charge in [-0.05, 0) is 42.3 Å². The molecule has 0 aliphatic heterocycles. The Morgan fingerprint density at radius 2 is 2.15 bits per heavy atom. The number of aliphatic hydroxyl groups excluding tert-OH is 1. The molecule has 0 amide bonds. The Kier molecular flexibility index (Phi) is 5.17. The standard InChI is InChI=1S/C16H21NO2S/c1-11-4-5-16(19-3)14(8-11)12(2)17-9-15(18)13-6-7-20-10-13/h4-8,10,12,15,17-18H,9H2,1-3H3. The van der Waals surface area contributed by atoms with Gasteiger partial charge in [-0.25, -0.2) is 0 Å². The number of methoxy groups -OCH3 is 1. The zero-order chi connectivity index (χ0) is 14.5. The molecule has 2 aromatic rings. The maximum Gasteiger partial charge on any atom is 0.123 e. The fraction of sp³-hybridized carbons (Fsp3) is 0.375. The largest absolute Gasteiger partial charge is 0.496 e. The molecule has 1 heterocycles. The molecular weight excluding hydrogens is 270 g/mol. The summed E-state index contributed by atoms with van der Waals surface area (Å²) >= 11 is 1.60. The molecule has 2 rings (SSSR count). The predicted octanol–water partition coefficient (Wildman–Crippen LogP) is 3.45. The number of hydrogen-bond donors (Lipinski definition) is 2. The van der Waals surface area contributed by atoms with Gasteiger partial charge in [-0.2, -0.15) is 11.3 Å². The van der Waals surface area contributed by atoms with Crippen LogP contribution >= 0.6 is 11.3 Å². The molecule has 0 aliphatic rings. The number of aryl methyl sites for hydroxylation is 1. The summed E-state index contributed by atoms with van der Waals surface area (Å²) in [5.41, 5.74) is 3.28. The summed E-state index contributed by atoms with van der Waals surface area (Å²) in [5, 5.41) is 17.4. The van der Waals surface area contributed by atoms with Crippen LogP contribution in [0, 0.1) is 6.92 Å². The quantitative estimate of drug-likeness (QED) is 0.856. The molecule has 3 nitrogen and oxygen atoms in total. The summed E-state index contributed by atoms with van der Waals surface area (Å²) in [6, 6.07) is 8.22. The van der Waals surface area contributed by atoms with Gasteiger partial charge in [-0.3, -0.25) is 0 Å². The van der Waals surface area contributed by atoms with Crippen LogP contribution in [0.25, 0.3) is 0 Å². The number of nitrogens with one attached hydrogen (secondary N) is 1. The number of rotatable bonds is 6. The average molecular weight is 291 g/mol. The van der Waals surface area contributed by atoms with E-state index in [-0.39, 0.29) is 6.04 Å². The van der Waals surface area contributed by atoms with Crippen molar-refractivity contribution >= 4 is 11.3 Å². The number of aliphatic hydroxyl groups is 1. The van der Waals surface area contributed by atoms with E-state index in [2.05, 4.69) is 25.2 Å². The normalized spacial score (nSPS) is 14.0. The van der Waals surface area contributed by atoms with Crippen LogP contribution in [0.4, 0.5) is 0 Å². The van der Waals surface area contributed by atoms with Crippen molar-refractivity contribution in [1.82, 2.24) is 5.32 Å². The van der Waals surface area contributed by atoms with E-state index in [1.54, 1.807) is 18.4 Å². The summed E-state index contributed by atoms with van der Waals surface area (Å²) in [5.74, 6) is 0.876.